The van der Waals surface area contributed by atoms with Crippen LogP contribution < -0.4 is 0 Å². The minimum absolute atomic E-state index is 0.0105. The second kappa shape index (κ2) is 5.79. The zero-order valence-electron chi connectivity index (χ0n) is 12.2. The van der Waals surface area contributed by atoms with Crippen LogP contribution in [0, 0.1) is 10.1 Å². The van der Waals surface area contributed by atoms with Crippen LogP contribution in [0.15, 0.2) is 24.4 Å². The molecule has 0 spiro atoms. The van der Waals surface area contributed by atoms with Gasteiger partial charge in [0.25, 0.3) is 0 Å². The molecule has 0 aromatic carbocycles. The number of nitrogens with zero attached hydrogens (tertiary/aromatic N) is 2. The summed E-state index contributed by atoms with van der Waals surface area (Å²) in [5.41, 5.74) is 0.629. The van der Waals surface area contributed by atoms with Crippen molar-refractivity contribution < 1.29 is 9.35 Å². The molecule has 0 saturated heterocycles. The molecular formula is C13H22N2O3Si. The van der Waals surface area contributed by atoms with Crippen molar-refractivity contribution in [2.45, 2.75) is 45.0 Å². The molecule has 0 bridgehead atoms. The Morgan fingerprint density at radius 3 is 2.47 bits per heavy atom. The first-order valence-corrected chi connectivity index (χ1v) is 9.25. The van der Waals surface area contributed by atoms with Gasteiger partial charge < -0.3 is 4.43 Å². The van der Waals surface area contributed by atoms with Gasteiger partial charge in [-0.3, -0.25) is 15.1 Å². The first-order chi connectivity index (χ1) is 8.63. The molecule has 0 saturated carbocycles. The van der Waals surface area contributed by atoms with E-state index in [2.05, 4.69) is 38.8 Å². The summed E-state index contributed by atoms with van der Waals surface area (Å²) in [6.45, 7) is 10.3. The lowest BCUT2D eigenvalue weighted by Gasteiger charge is -2.38. The van der Waals surface area contributed by atoms with E-state index in [0.717, 1.165) is 0 Å². The van der Waals surface area contributed by atoms with Crippen LogP contribution in [-0.4, -0.2) is 24.8 Å². The highest BCUT2D eigenvalue weighted by molar-refractivity contribution is 6.74. The molecule has 0 aliphatic carbocycles. The summed E-state index contributed by atoms with van der Waals surface area (Å²) >= 11 is 0. The van der Waals surface area contributed by atoms with Crippen LogP contribution in [0.4, 0.5) is 0 Å². The fourth-order valence-electron chi connectivity index (χ4n) is 1.43. The smallest absolute Gasteiger partial charge is 0.234 e. The monoisotopic (exact) mass is 282 g/mol. The summed E-state index contributed by atoms with van der Waals surface area (Å²) < 4.78 is 6.13. The maximum atomic E-state index is 10.8. The Kier molecular flexibility index (Phi) is 4.81. The highest BCUT2D eigenvalue weighted by Crippen LogP contribution is 2.39. The zero-order chi connectivity index (χ0) is 14.7. The molecule has 106 valence electrons. The molecule has 0 aliphatic heterocycles. The van der Waals surface area contributed by atoms with Crippen LogP contribution in [0.25, 0.3) is 0 Å². The molecule has 0 fully saturated rings. The van der Waals surface area contributed by atoms with Crippen molar-refractivity contribution in [1.29, 1.82) is 0 Å². The molecule has 1 aromatic rings. The van der Waals surface area contributed by atoms with Gasteiger partial charge >= 0.3 is 0 Å². The van der Waals surface area contributed by atoms with E-state index in [1.54, 1.807) is 18.3 Å². The minimum Gasteiger partial charge on any atom is -0.402 e. The molecular weight excluding hydrogens is 260 g/mol. The lowest BCUT2D eigenvalue weighted by Crippen LogP contribution is -2.43. The Balaban J connectivity index is 2.97. The van der Waals surface area contributed by atoms with Gasteiger partial charge in [-0.15, -0.1) is 0 Å². The lowest BCUT2D eigenvalue weighted by atomic mass is 10.2. The molecule has 1 rings (SSSR count). The molecule has 0 radical (unpaired) electrons. The van der Waals surface area contributed by atoms with Crippen LogP contribution in [-0.2, 0) is 4.43 Å². The number of pyridine rings is 1. The van der Waals surface area contributed by atoms with Crippen molar-refractivity contribution >= 4 is 8.32 Å². The van der Waals surface area contributed by atoms with Crippen molar-refractivity contribution in [3.63, 3.8) is 0 Å². The summed E-state index contributed by atoms with van der Waals surface area (Å²) in [6.07, 6.45) is 1.06. The highest BCUT2D eigenvalue weighted by Gasteiger charge is 2.40. The average molecular weight is 282 g/mol. The van der Waals surface area contributed by atoms with Crippen molar-refractivity contribution in [3.8, 4) is 0 Å². The topological polar surface area (TPSA) is 65.3 Å². The normalized spacial score (nSPS) is 14.2. The van der Waals surface area contributed by atoms with Gasteiger partial charge in [0, 0.05) is 11.1 Å². The Morgan fingerprint density at radius 2 is 2.05 bits per heavy atom. The van der Waals surface area contributed by atoms with E-state index in [-0.39, 0.29) is 16.5 Å². The van der Waals surface area contributed by atoms with E-state index in [9.17, 15) is 10.1 Å². The lowest BCUT2D eigenvalue weighted by molar-refractivity contribution is -0.490. The average Bonchev–Trinajstić information content (AvgIpc) is 2.27. The fraction of sp³-hybridized carbons (Fsp3) is 0.615. The maximum Gasteiger partial charge on any atom is 0.234 e. The van der Waals surface area contributed by atoms with E-state index in [1.165, 1.54) is 0 Å². The van der Waals surface area contributed by atoms with E-state index in [0.29, 0.717) is 5.69 Å². The fourth-order valence-corrected chi connectivity index (χ4v) is 2.69. The number of hydrogen-bond donors (Lipinski definition) is 0. The standard InChI is InChI=1S/C13H22N2O3Si/c1-13(2,3)19(4,5)18-12(10-15(16)17)11-8-6-7-9-14-11/h6-9,12H,10H2,1-5H3. The van der Waals surface area contributed by atoms with Crippen molar-refractivity contribution in [3.05, 3.63) is 40.2 Å². The number of nitro groups is 1. The first-order valence-electron chi connectivity index (χ1n) is 6.34. The van der Waals surface area contributed by atoms with Crippen LogP contribution in [0.3, 0.4) is 0 Å². The Labute approximate surface area is 115 Å². The minimum atomic E-state index is -2.06. The molecule has 1 heterocycles. The number of rotatable bonds is 5. The molecule has 0 aliphatic rings. The molecule has 0 amide bonds. The van der Waals surface area contributed by atoms with E-state index in [4.69, 9.17) is 4.43 Å². The molecule has 19 heavy (non-hydrogen) atoms. The van der Waals surface area contributed by atoms with E-state index in [1.807, 2.05) is 6.07 Å². The highest BCUT2D eigenvalue weighted by atomic mass is 28.4. The Morgan fingerprint density at radius 1 is 1.42 bits per heavy atom. The third-order valence-electron chi connectivity index (χ3n) is 3.58. The quantitative estimate of drug-likeness (QED) is 0.471. The molecule has 6 heteroatoms. The largest absolute Gasteiger partial charge is 0.402 e. The zero-order valence-corrected chi connectivity index (χ0v) is 13.2. The second-order valence-electron chi connectivity index (χ2n) is 6.14. The van der Waals surface area contributed by atoms with E-state index < -0.39 is 14.4 Å². The third kappa shape index (κ3) is 4.40. The predicted octanol–water partition coefficient (Wildman–Crippen LogP) is 3.42. The van der Waals surface area contributed by atoms with Gasteiger partial charge in [-0.2, -0.15) is 0 Å². The first kappa shape index (κ1) is 15.8. The Hall–Kier alpha value is -1.27. The maximum absolute atomic E-state index is 10.8. The molecule has 1 unspecified atom stereocenters. The van der Waals surface area contributed by atoms with Gasteiger partial charge in [0.15, 0.2) is 14.4 Å². The SMILES string of the molecule is CC(C)(C)[Si](C)(C)OC(C[N+](=O)[O-])c1ccccn1. The van der Waals surface area contributed by atoms with Crippen LogP contribution >= 0.6 is 0 Å². The third-order valence-corrected chi connectivity index (χ3v) is 8.06. The van der Waals surface area contributed by atoms with Gasteiger partial charge in [0.05, 0.1) is 5.69 Å². The van der Waals surface area contributed by atoms with Gasteiger partial charge in [0.2, 0.25) is 6.54 Å². The van der Waals surface area contributed by atoms with Gasteiger partial charge in [0.1, 0.15) is 0 Å². The van der Waals surface area contributed by atoms with Gasteiger partial charge in [-0.25, -0.2) is 0 Å². The van der Waals surface area contributed by atoms with Crippen LogP contribution in [0.1, 0.15) is 32.6 Å². The van der Waals surface area contributed by atoms with E-state index >= 15 is 0 Å². The summed E-state index contributed by atoms with van der Waals surface area (Å²) in [5.74, 6) is 0. The summed E-state index contributed by atoms with van der Waals surface area (Å²) in [7, 11) is -2.06. The molecule has 0 N–H and O–H groups in total. The predicted molar refractivity (Wildman–Crippen MR) is 77.1 cm³/mol. The van der Waals surface area contributed by atoms with Gasteiger partial charge in [-0.1, -0.05) is 26.8 Å². The van der Waals surface area contributed by atoms with Crippen LogP contribution in [0.5, 0.6) is 0 Å². The molecule has 5 nitrogen and oxygen atoms in total. The summed E-state index contributed by atoms with van der Waals surface area (Å²) in [6, 6.07) is 5.39. The number of aromatic nitrogens is 1. The number of hydrogen-bond acceptors (Lipinski definition) is 4. The van der Waals surface area contributed by atoms with Crippen molar-refractivity contribution in [1.82, 2.24) is 4.98 Å². The van der Waals surface area contributed by atoms with Gasteiger partial charge in [-0.05, 0) is 30.3 Å². The van der Waals surface area contributed by atoms with Crippen molar-refractivity contribution in [2.24, 2.45) is 0 Å². The molecule has 1 aromatic heterocycles. The van der Waals surface area contributed by atoms with Crippen molar-refractivity contribution in [2.75, 3.05) is 6.54 Å². The summed E-state index contributed by atoms with van der Waals surface area (Å²) in [5, 5.41) is 10.8. The summed E-state index contributed by atoms with van der Waals surface area (Å²) in [4.78, 5) is 14.7. The molecule has 1 atom stereocenters. The second-order valence-corrected chi connectivity index (χ2v) is 10.9. The Bertz CT molecular complexity index is 429. The van der Waals surface area contributed by atoms with Crippen LogP contribution in [0.2, 0.25) is 18.1 Å².